The Kier molecular flexibility index (Phi) is 3.47. The molecule has 20 heavy (non-hydrogen) atoms. The average molecular weight is 312 g/mol. The van der Waals surface area contributed by atoms with Crippen LogP contribution in [-0.2, 0) is 6.54 Å². The van der Waals surface area contributed by atoms with Gasteiger partial charge in [-0.1, -0.05) is 29.6 Å². The SMILES string of the molecule is CC(C)(N)Cn1c(C2CCC2)nc2cc(Cl)c(Cl)cc21. The monoisotopic (exact) mass is 311 g/mol. The Morgan fingerprint density at radius 3 is 2.50 bits per heavy atom. The van der Waals surface area contributed by atoms with Gasteiger partial charge in [-0.2, -0.15) is 0 Å². The maximum Gasteiger partial charge on any atom is 0.113 e. The molecule has 1 aromatic heterocycles. The highest BCUT2D eigenvalue weighted by molar-refractivity contribution is 6.42. The van der Waals surface area contributed by atoms with Gasteiger partial charge in [-0.25, -0.2) is 4.98 Å². The van der Waals surface area contributed by atoms with Gasteiger partial charge in [0.15, 0.2) is 0 Å². The second kappa shape index (κ2) is 4.90. The van der Waals surface area contributed by atoms with E-state index in [0.717, 1.165) is 23.4 Å². The van der Waals surface area contributed by atoms with E-state index in [0.29, 0.717) is 16.0 Å². The predicted molar refractivity (Wildman–Crippen MR) is 84.6 cm³/mol. The molecule has 0 amide bonds. The first-order valence-electron chi connectivity index (χ1n) is 6.99. The summed E-state index contributed by atoms with van der Waals surface area (Å²) >= 11 is 12.3. The zero-order chi connectivity index (χ0) is 14.5. The van der Waals surface area contributed by atoms with Crippen molar-refractivity contribution in [3.63, 3.8) is 0 Å². The Morgan fingerprint density at radius 2 is 1.95 bits per heavy atom. The highest BCUT2D eigenvalue weighted by atomic mass is 35.5. The Labute approximate surface area is 129 Å². The molecule has 0 saturated heterocycles. The minimum Gasteiger partial charge on any atom is -0.326 e. The number of benzene rings is 1. The van der Waals surface area contributed by atoms with Gasteiger partial charge in [0.2, 0.25) is 0 Å². The third-order valence-electron chi connectivity index (χ3n) is 3.86. The molecule has 0 spiro atoms. The number of halogens is 2. The molecule has 3 rings (SSSR count). The van der Waals surface area contributed by atoms with Crippen molar-refractivity contribution in [2.45, 2.75) is 51.1 Å². The van der Waals surface area contributed by atoms with Crippen molar-refractivity contribution in [3.8, 4) is 0 Å². The molecule has 5 heteroatoms. The van der Waals surface area contributed by atoms with Crippen LogP contribution in [0.15, 0.2) is 12.1 Å². The lowest BCUT2D eigenvalue weighted by atomic mass is 9.84. The lowest BCUT2D eigenvalue weighted by Crippen LogP contribution is -2.38. The summed E-state index contributed by atoms with van der Waals surface area (Å²) in [5.74, 6) is 1.67. The first-order valence-corrected chi connectivity index (χ1v) is 7.75. The Balaban J connectivity index is 2.17. The summed E-state index contributed by atoms with van der Waals surface area (Å²) in [5, 5.41) is 1.12. The van der Waals surface area contributed by atoms with Crippen molar-refractivity contribution in [1.82, 2.24) is 9.55 Å². The van der Waals surface area contributed by atoms with Crippen molar-refractivity contribution < 1.29 is 0 Å². The number of nitrogens with zero attached hydrogens (tertiary/aromatic N) is 2. The Hall–Kier alpha value is -0.770. The number of imidazole rings is 1. The molecule has 1 aromatic carbocycles. The van der Waals surface area contributed by atoms with Gasteiger partial charge in [0.25, 0.3) is 0 Å². The zero-order valence-electron chi connectivity index (χ0n) is 11.8. The van der Waals surface area contributed by atoms with E-state index in [4.69, 9.17) is 33.9 Å². The van der Waals surface area contributed by atoms with E-state index in [-0.39, 0.29) is 5.54 Å². The van der Waals surface area contributed by atoms with Crippen molar-refractivity contribution in [2.75, 3.05) is 0 Å². The molecule has 1 aliphatic carbocycles. The summed E-state index contributed by atoms with van der Waals surface area (Å²) in [6.07, 6.45) is 3.69. The molecule has 1 saturated carbocycles. The molecule has 0 bridgehead atoms. The molecule has 1 heterocycles. The Bertz CT molecular complexity index is 651. The maximum atomic E-state index is 6.21. The van der Waals surface area contributed by atoms with E-state index >= 15 is 0 Å². The van der Waals surface area contributed by atoms with Gasteiger partial charge in [-0.15, -0.1) is 0 Å². The summed E-state index contributed by atoms with van der Waals surface area (Å²) in [5.41, 5.74) is 7.85. The lowest BCUT2D eigenvalue weighted by molar-refractivity contribution is 0.365. The molecule has 108 valence electrons. The molecule has 3 nitrogen and oxygen atoms in total. The highest BCUT2D eigenvalue weighted by Gasteiger charge is 2.27. The van der Waals surface area contributed by atoms with Crippen molar-refractivity contribution in [2.24, 2.45) is 5.73 Å². The normalized spacial score (nSPS) is 16.6. The number of nitrogens with two attached hydrogens (primary N) is 1. The van der Waals surface area contributed by atoms with Crippen molar-refractivity contribution in [1.29, 1.82) is 0 Å². The second-order valence-corrected chi connectivity index (χ2v) is 7.24. The van der Waals surface area contributed by atoms with Gasteiger partial charge in [0, 0.05) is 18.0 Å². The number of hydrogen-bond donors (Lipinski definition) is 1. The summed E-state index contributed by atoms with van der Waals surface area (Å²) in [4.78, 5) is 4.79. The summed E-state index contributed by atoms with van der Waals surface area (Å²) in [7, 11) is 0. The third kappa shape index (κ3) is 2.54. The first-order chi connectivity index (χ1) is 9.35. The van der Waals surface area contributed by atoms with Crippen LogP contribution < -0.4 is 5.73 Å². The van der Waals surface area contributed by atoms with Gasteiger partial charge in [0.1, 0.15) is 5.82 Å². The summed E-state index contributed by atoms with van der Waals surface area (Å²) in [6.45, 7) is 4.79. The van der Waals surface area contributed by atoms with E-state index in [2.05, 4.69) is 4.57 Å². The summed E-state index contributed by atoms with van der Waals surface area (Å²) in [6, 6.07) is 3.75. The Morgan fingerprint density at radius 1 is 1.30 bits per heavy atom. The lowest BCUT2D eigenvalue weighted by Gasteiger charge is -2.28. The van der Waals surface area contributed by atoms with Crippen LogP contribution in [0.25, 0.3) is 11.0 Å². The van der Waals surface area contributed by atoms with Gasteiger partial charge >= 0.3 is 0 Å². The minimum atomic E-state index is -0.293. The molecule has 0 atom stereocenters. The second-order valence-electron chi connectivity index (χ2n) is 6.43. The largest absolute Gasteiger partial charge is 0.326 e. The van der Waals surface area contributed by atoms with E-state index in [1.165, 1.54) is 19.3 Å². The van der Waals surface area contributed by atoms with Crippen LogP contribution in [0.3, 0.4) is 0 Å². The molecule has 2 N–H and O–H groups in total. The molecule has 0 unspecified atom stereocenters. The quantitative estimate of drug-likeness (QED) is 0.916. The van der Waals surface area contributed by atoms with E-state index in [9.17, 15) is 0 Å². The molecule has 0 radical (unpaired) electrons. The average Bonchev–Trinajstić information content (AvgIpc) is 2.54. The topological polar surface area (TPSA) is 43.8 Å². The van der Waals surface area contributed by atoms with E-state index < -0.39 is 0 Å². The van der Waals surface area contributed by atoms with E-state index in [1.807, 2.05) is 26.0 Å². The molecule has 1 aliphatic rings. The van der Waals surface area contributed by atoms with Crippen LogP contribution in [0.2, 0.25) is 10.0 Å². The van der Waals surface area contributed by atoms with Crippen LogP contribution >= 0.6 is 23.2 Å². The van der Waals surface area contributed by atoms with Gasteiger partial charge in [0.05, 0.1) is 21.1 Å². The fraction of sp³-hybridized carbons (Fsp3) is 0.533. The van der Waals surface area contributed by atoms with Gasteiger partial charge in [-0.05, 0) is 38.8 Å². The van der Waals surface area contributed by atoms with Crippen LogP contribution in [0.4, 0.5) is 0 Å². The number of hydrogen-bond acceptors (Lipinski definition) is 2. The molecule has 1 fully saturated rings. The summed E-state index contributed by atoms with van der Waals surface area (Å²) < 4.78 is 2.22. The first kappa shape index (κ1) is 14.2. The third-order valence-corrected chi connectivity index (χ3v) is 4.58. The van der Waals surface area contributed by atoms with Crippen molar-refractivity contribution in [3.05, 3.63) is 28.0 Å². The minimum absolute atomic E-state index is 0.293. The smallest absolute Gasteiger partial charge is 0.113 e. The molecule has 2 aromatic rings. The van der Waals surface area contributed by atoms with Crippen LogP contribution in [0.5, 0.6) is 0 Å². The molecule has 0 aliphatic heterocycles. The molecular weight excluding hydrogens is 293 g/mol. The molecular formula is C15H19Cl2N3. The number of aromatic nitrogens is 2. The van der Waals surface area contributed by atoms with Gasteiger partial charge in [-0.3, -0.25) is 0 Å². The zero-order valence-corrected chi connectivity index (χ0v) is 13.3. The van der Waals surface area contributed by atoms with Crippen LogP contribution in [-0.4, -0.2) is 15.1 Å². The van der Waals surface area contributed by atoms with Crippen LogP contribution in [0.1, 0.15) is 44.9 Å². The maximum absolute atomic E-state index is 6.21. The standard InChI is InChI=1S/C15H19Cl2N3/c1-15(2,18)8-20-13-7-11(17)10(16)6-12(13)19-14(20)9-4-3-5-9/h6-7,9H,3-5,8,18H2,1-2H3. The number of rotatable bonds is 3. The fourth-order valence-electron chi connectivity index (χ4n) is 2.69. The fourth-order valence-corrected chi connectivity index (χ4v) is 3.01. The highest BCUT2D eigenvalue weighted by Crippen LogP contribution is 2.38. The van der Waals surface area contributed by atoms with Crippen LogP contribution in [0, 0.1) is 0 Å². The predicted octanol–water partition coefficient (Wildman–Crippen LogP) is 4.35. The van der Waals surface area contributed by atoms with E-state index in [1.54, 1.807) is 0 Å². The van der Waals surface area contributed by atoms with Gasteiger partial charge < -0.3 is 10.3 Å². The number of fused-ring (bicyclic) bond motifs is 1. The van der Waals surface area contributed by atoms with Crippen molar-refractivity contribution >= 4 is 34.2 Å².